The molecule has 1 amide bonds. The topological polar surface area (TPSA) is 49.8 Å². The minimum atomic E-state index is -0.740. The highest BCUT2D eigenvalue weighted by atomic mass is 19.1. The van der Waals surface area contributed by atoms with E-state index in [0.717, 1.165) is 43.9 Å². The molecule has 1 aromatic rings. The third-order valence-corrected chi connectivity index (χ3v) is 4.91. The van der Waals surface area contributed by atoms with E-state index in [0.29, 0.717) is 0 Å². The summed E-state index contributed by atoms with van der Waals surface area (Å²) in [5, 5.41) is 9.91. The van der Waals surface area contributed by atoms with Gasteiger partial charge >= 0.3 is 0 Å². The van der Waals surface area contributed by atoms with Gasteiger partial charge < -0.3 is 14.7 Å². The van der Waals surface area contributed by atoms with Gasteiger partial charge in [-0.05, 0) is 37.5 Å². The van der Waals surface area contributed by atoms with Crippen molar-refractivity contribution in [1.29, 1.82) is 0 Å². The van der Waals surface area contributed by atoms with Gasteiger partial charge in [0.05, 0.1) is 18.2 Å². The van der Waals surface area contributed by atoms with Gasteiger partial charge in [0, 0.05) is 12.1 Å². The number of aliphatic hydroxyl groups excluding tert-OH is 1. The second-order valence-electron chi connectivity index (χ2n) is 6.69. The number of nitrogens with zero attached hydrogens (tertiary/aromatic N) is 1. The van der Waals surface area contributed by atoms with Crippen molar-refractivity contribution in [1.82, 2.24) is 4.90 Å². The first-order chi connectivity index (χ1) is 11.5. The Hall–Kier alpha value is -1.53. The number of β-amino-alcohol motifs (C(OH)–C–C–N with tert-alkyl or cyclic N) is 1. The Bertz CT molecular complexity index is 590. The monoisotopic (exact) mass is 339 g/mol. The molecule has 4 nitrogen and oxygen atoms in total. The van der Waals surface area contributed by atoms with Crippen molar-refractivity contribution < 1.29 is 23.4 Å². The summed E-state index contributed by atoms with van der Waals surface area (Å²) < 4.78 is 33.2. The standard InChI is InChI=1S/C18H23F2NO3/c19-12-6-7-16(20)15(8-12)17-9-13(22)10-21(17)18(23)11-24-14-4-2-1-3-5-14/h6-8,13-14,17,22H,1-5,9-11H2/t13-,17+/m1/s1. The minimum absolute atomic E-state index is 0.0786. The highest BCUT2D eigenvalue weighted by Gasteiger charge is 2.37. The van der Waals surface area contributed by atoms with E-state index in [-0.39, 0.29) is 37.1 Å². The molecule has 132 valence electrons. The molecule has 0 bridgehead atoms. The molecule has 1 heterocycles. The number of carbonyl (C=O) groups is 1. The highest BCUT2D eigenvalue weighted by Crippen LogP contribution is 2.34. The zero-order valence-corrected chi connectivity index (χ0v) is 13.6. The second-order valence-corrected chi connectivity index (χ2v) is 6.69. The molecule has 0 spiro atoms. The number of carbonyl (C=O) groups excluding carboxylic acids is 1. The van der Waals surface area contributed by atoms with Crippen LogP contribution in [0.25, 0.3) is 0 Å². The highest BCUT2D eigenvalue weighted by molar-refractivity contribution is 5.78. The summed E-state index contributed by atoms with van der Waals surface area (Å²) in [6.07, 6.45) is 4.89. The van der Waals surface area contributed by atoms with Crippen LogP contribution in [0.4, 0.5) is 8.78 Å². The summed E-state index contributed by atoms with van der Waals surface area (Å²) >= 11 is 0. The van der Waals surface area contributed by atoms with E-state index in [1.807, 2.05) is 0 Å². The molecular formula is C18H23F2NO3. The summed E-state index contributed by atoms with van der Waals surface area (Å²) in [5.41, 5.74) is 0.109. The van der Waals surface area contributed by atoms with E-state index >= 15 is 0 Å². The molecule has 1 aromatic carbocycles. The number of hydrogen-bond donors (Lipinski definition) is 1. The number of amides is 1. The maximum atomic E-state index is 14.0. The number of likely N-dealkylation sites (tertiary alicyclic amines) is 1. The zero-order chi connectivity index (χ0) is 17.1. The lowest BCUT2D eigenvalue weighted by Crippen LogP contribution is -2.36. The lowest BCUT2D eigenvalue weighted by molar-refractivity contribution is -0.140. The van der Waals surface area contributed by atoms with Gasteiger partial charge in [-0.15, -0.1) is 0 Å². The Kier molecular flexibility index (Phi) is 5.46. The molecule has 24 heavy (non-hydrogen) atoms. The number of rotatable bonds is 4. The lowest BCUT2D eigenvalue weighted by atomic mass is 9.98. The van der Waals surface area contributed by atoms with Crippen molar-refractivity contribution in [3.05, 3.63) is 35.4 Å². The molecule has 1 N–H and O–H groups in total. The average Bonchev–Trinajstić information content (AvgIpc) is 2.97. The molecule has 0 radical (unpaired) electrons. The molecule has 2 aliphatic rings. The van der Waals surface area contributed by atoms with Gasteiger partial charge in [0.25, 0.3) is 0 Å². The smallest absolute Gasteiger partial charge is 0.249 e. The lowest BCUT2D eigenvalue weighted by Gasteiger charge is -2.27. The van der Waals surface area contributed by atoms with Crippen molar-refractivity contribution in [2.75, 3.05) is 13.2 Å². The van der Waals surface area contributed by atoms with Crippen LogP contribution in [-0.2, 0) is 9.53 Å². The van der Waals surface area contributed by atoms with Crippen LogP contribution in [-0.4, -0.2) is 41.3 Å². The van der Waals surface area contributed by atoms with Gasteiger partial charge in [0.2, 0.25) is 5.91 Å². The largest absolute Gasteiger partial charge is 0.391 e. The first-order valence-corrected chi connectivity index (χ1v) is 8.58. The molecule has 1 aliphatic heterocycles. The van der Waals surface area contributed by atoms with Crippen LogP contribution in [0, 0.1) is 11.6 Å². The van der Waals surface area contributed by atoms with E-state index in [4.69, 9.17) is 4.74 Å². The summed E-state index contributed by atoms with van der Waals surface area (Å²) in [6, 6.07) is 2.54. The fourth-order valence-electron chi connectivity index (χ4n) is 3.66. The molecule has 2 fully saturated rings. The van der Waals surface area contributed by atoms with Crippen LogP contribution >= 0.6 is 0 Å². The van der Waals surface area contributed by atoms with Crippen LogP contribution < -0.4 is 0 Å². The number of ether oxygens (including phenoxy) is 1. The number of benzene rings is 1. The van der Waals surface area contributed by atoms with Gasteiger partial charge in [-0.1, -0.05) is 19.3 Å². The van der Waals surface area contributed by atoms with Gasteiger partial charge in [-0.3, -0.25) is 4.79 Å². The molecule has 2 atom stereocenters. The van der Waals surface area contributed by atoms with Crippen LogP contribution in [0.15, 0.2) is 18.2 Å². The molecule has 0 unspecified atom stereocenters. The number of aliphatic hydroxyl groups is 1. The van der Waals surface area contributed by atoms with E-state index in [1.54, 1.807) is 0 Å². The fraction of sp³-hybridized carbons (Fsp3) is 0.611. The average molecular weight is 339 g/mol. The molecule has 1 saturated carbocycles. The molecule has 6 heteroatoms. The Morgan fingerprint density at radius 1 is 1.25 bits per heavy atom. The fourth-order valence-corrected chi connectivity index (χ4v) is 3.66. The quantitative estimate of drug-likeness (QED) is 0.918. The van der Waals surface area contributed by atoms with Crippen molar-refractivity contribution in [3.63, 3.8) is 0 Å². The SMILES string of the molecule is O=C(COC1CCCCC1)N1C[C@H](O)C[C@H]1c1cc(F)ccc1F. The second kappa shape index (κ2) is 7.57. The van der Waals surface area contributed by atoms with E-state index in [2.05, 4.69) is 0 Å². The third-order valence-electron chi connectivity index (χ3n) is 4.91. The first kappa shape index (κ1) is 17.3. The van der Waals surface area contributed by atoms with Crippen molar-refractivity contribution >= 4 is 5.91 Å². The van der Waals surface area contributed by atoms with Crippen LogP contribution in [0.1, 0.15) is 50.1 Å². The predicted octanol–water partition coefficient (Wildman–Crippen LogP) is 2.95. The van der Waals surface area contributed by atoms with Gasteiger partial charge in [0.15, 0.2) is 0 Å². The van der Waals surface area contributed by atoms with Crippen molar-refractivity contribution in [2.24, 2.45) is 0 Å². The molecule has 3 rings (SSSR count). The molecular weight excluding hydrogens is 316 g/mol. The summed E-state index contributed by atoms with van der Waals surface area (Å²) in [4.78, 5) is 13.9. The first-order valence-electron chi connectivity index (χ1n) is 8.58. The van der Waals surface area contributed by atoms with Crippen LogP contribution in [0.2, 0.25) is 0 Å². The van der Waals surface area contributed by atoms with Crippen LogP contribution in [0.5, 0.6) is 0 Å². The summed E-state index contributed by atoms with van der Waals surface area (Å²) in [7, 11) is 0. The number of hydrogen-bond acceptors (Lipinski definition) is 3. The Morgan fingerprint density at radius 3 is 2.75 bits per heavy atom. The Balaban J connectivity index is 1.68. The van der Waals surface area contributed by atoms with Crippen molar-refractivity contribution in [2.45, 2.75) is 56.8 Å². The van der Waals surface area contributed by atoms with E-state index in [1.165, 1.54) is 11.3 Å². The summed E-state index contributed by atoms with van der Waals surface area (Å²) in [5.74, 6) is -1.41. The molecule has 0 aromatic heterocycles. The number of halogens is 2. The minimum Gasteiger partial charge on any atom is -0.391 e. The normalized spacial score (nSPS) is 25.2. The van der Waals surface area contributed by atoms with Gasteiger partial charge in [-0.2, -0.15) is 0 Å². The molecule has 1 saturated heterocycles. The Labute approximate surface area is 140 Å². The van der Waals surface area contributed by atoms with Crippen molar-refractivity contribution in [3.8, 4) is 0 Å². The maximum Gasteiger partial charge on any atom is 0.249 e. The molecule has 1 aliphatic carbocycles. The predicted molar refractivity (Wildman–Crippen MR) is 84.3 cm³/mol. The van der Waals surface area contributed by atoms with E-state index < -0.39 is 23.8 Å². The Morgan fingerprint density at radius 2 is 2.00 bits per heavy atom. The van der Waals surface area contributed by atoms with Gasteiger partial charge in [0.1, 0.15) is 18.2 Å². The maximum absolute atomic E-state index is 14.0. The summed E-state index contributed by atoms with van der Waals surface area (Å²) in [6.45, 7) is 0.0400. The van der Waals surface area contributed by atoms with E-state index in [9.17, 15) is 18.7 Å². The zero-order valence-electron chi connectivity index (χ0n) is 13.6. The third kappa shape index (κ3) is 3.92. The van der Waals surface area contributed by atoms with Crippen LogP contribution in [0.3, 0.4) is 0 Å². The van der Waals surface area contributed by atoms with Gasteiger partial charge in [-0.25, -0.2) is 8.78 Å².